The molecule has 0 amide bonds. The largest absolute Gasteiger partial charge is 0.354 e. The molecule has 0 aromatic carbocycles. The van der Waals surface area contributed by atoms with E-state index in [-0.39, 0.29) is 0 Å². The fraction of sp³-hybridized carbons (Fsp3) is 0.636. The predicted molar refractivity (Wildman–Crippen MR) is 68.9 cm³/mol. The molecular formula is C11H20N6. The van der Waals surface area contributed by atoms with Gasteiger partial charge >= 0.3 is 0 Å². The van der Waals surface area contributed by atoms with E-state index >= 15 is 0 Å². The Bertz CT molecular complexity index is 350. The summed E-state index contributed by atoms with van der Waals surface area (Å²) >= 11 is 0. The lowest BCUT2D eigenvalue weighted by atomic mass is 10.3. The summed E-state index contributed by atoms with van der Waals surface area (Å²) in [5.41, 5.74) is 2.60. The molecule has 0 saturated carbocycles. The summed E-state index contributed by atoms with van der Waals surface area (Å²) in [6.07, 6.45) is 0.816. The van der Waals surface area contributed by atoms with Gasteiger partial charge in [-0.2, -0.15) is 0 Å². The summed E-state index contributed by atoms with van der Waals surface area (Å²) in [5.74, 6) is 7.91. The highest BCUT2D eigenvalue weighted by atomic mass is 15.3. The molecule has 1 fully saturated rings. The van der Waals surface area contributed by atoms with Crippen molar-refractivity contribution < 1.29 is 0 Å². The second-order valence-corrected chi connectivity index (χ2v) is 4.32. The molecule has 1 aliphatic rings. The van der Waals surface area contributed by atoms with Crippen LogP contribution in [0.1, 0.15) is 12.7 Å². The molecule has 0 spiro atoms. The van der Waals surface area contributed by atoms with Crippen LogP contribution >= 0.6 is 0 Å². The van der Waals surface area contributed by atoms with E-state index in [4.69, 9.17) is 5.84 Å². The van der Waals surface area contributed by atoms with Crippen molar-refractivity contribution >= 4 is 11.6 Å². The zero-order valence-electron chi connectivity index (χ0n) is 10.5. The Morgan fingerprint density at radius 2 is 2.00 bits per heavy atom. The molecule has 1 saturated heterocycles. The molecule has 3 N–H and O–H groups in total. The normalized spacial score (nSPS) is 17.2. The molecule has 0 radical (unpaired) electrons. The average molecular weight is 236 g/mol. The number of nitrogens with two attached hydrogens (primary N) is 1. The Morgan fingerprint density at radius 1 is 1.29 bits per heavy atom. The molecule has 94 valence electrons. The van der Waals surface area contributed by atoms with Gasteiger partial charge in [-0.15, -0.1) is 0 Å². The van der Waals surface area contributed by atoms with Crippen molar-refractivity contribution in [3.8, 4) is 0 Å². The number of anilines is 2. The van der Waals surface area contributed by atoms with Gasteiger partial charge in [0.25, 0.3) is 0 Å². The standard InChI is InChI=1S/C11H20N6/c1-3-9-13-10(15-12)8-11(14-9)17-6-4-16(2)5-7-17/h8H,3-7,12H2,1-2H3,(H,13,14,15). The molecule has 6 nitrogen and oxygen atoms in total. The number of piperazine rings is 1. The summed E-state index contributed by atoms with van der Waals surface area (Å²) in [5, 5.41) is 0. The molecule has 17 heavy (non-hydrogen) atoms. The molecule has 0 atom stereocenters. The number of hydrazine groups is 1. The topological polar surface area (TPSA) is 70.3 Å². The highest BCUT2D eigenvalue weighted by Crippen LogP contribution is 2.17. The number of nitrogen functional groups attached to an aromatic ring is 1. The molecular weight excluding hydrogens is 216 g/mol. The van der Waals surface area contributed by atoms with Crippen LogP contribution in [0.25, 0.3) is 0 Å². The van der Waals surface area contributed by atoms with Crippen molar-refractivity contribution in [2.75, 3.05) is 43.6 Å². The van der Waals surface area contributed by atoms with Crippen LogP contribution in [0.4, 0.5) is 11.6 Å². The van der Waals surface area contributed by atoms with E-state index < -0.39 is 0 Å². The molecule has 1 aliphatic heterocycles. The van der Waals surface area contributed by atoms with Gasteiger partial charge in [-0.3, -0.25) is 0 Å². The zero-order chi connectivity index (χ0) is 12.3. The SMILES string of the molecule is CCc1nc(NN)cc(N2CCN(C)CC2)n1. The van der Waals surface area contributed by atoms with Crippen molar-refractivity contribution in [1.29, 1.82) is 0 Å². The van der Waals surface area contributed by atoms with Gasteiger partial charge in [0.2, 0.25) is 0 Å². The van der Waals surface area contributed by atoms with Crippen LogP contribution in [0, 0.1) is 0 Å². The Kier molecular flexibility index (Phi) is 3.75. The minimum absolute atomic E-state index is 0.686. The quantitative estimate of drug-likeness (QED) is 0.572. The number of nitrogens with one attached hydrogen (secondary N) is 1. The monoisotopic (exact) mass is 236 g/mol. The average Bonchev–Trinajstić information content (AvgIpc) is 2.39. The minimum atomic E-state index is 0.686. The third-order valence-corrected chi connectivity index (χ3v) is 3.05. The Balaban J connectivity index is 2.19. The number of nitrogens with zero attached hydrogens (tertiary/aromatic N) is 4. The lowest BCUT2D eigenvalue weighted by Crippen LogP contribution is -2.45. The Labute approximate surface area is 102 Å². The maximum Gasteiger partial charge on any atom is 0.145 e. The minimum Gasteiger partial charge on any atom is -0.354 e. The van der Waals surface area contributed by atoms with Crippen molar-refractivity contribution in [1.82, 2.24) is 14.9 Å². The summed E-state index contributed by atoms with van der Waals surface area (Å²) in [6, 6.07) is 1.91. The number of hydrogen-bond acceptors (Lipinski definition) is 6. The molecule has 0 bridgehead atoms. The first-order valence-corrected chi connectivity index (χ1v) is 6.01. The number of aromatic nitrogens is 2. The van der Waals surface area contributed by atoms with Crippen LogP contribution in [-0.2, 0) is 6.42 Å². The van der Waals surface area contributed by atoms with Crippen LogP contribution in [-0.4, -0.2) is 48.1 Å². The molecule has 1 aromatic heterocycles. The van der Waals surface area contributed by atoms with E-state index in [0.717, 1.165) is 44.2 Å². The number of likely N-dealkylation sites (N-methyl/N-ethyl adjacent to an activating group) is 1. The summed E-state index contributed by atoms with van der Waals surface area (Å²) < 4.78 is 0. The second-order valence-electron chi connectivity index (χ2n) is 4.32. The van der Waals surface area contributed by atoms with E-state index in [1.807, 2.05) is 13.0 Å². The maximum absolute atomic E-state index is 5.43. The van der Waals surface area contributed by atoms with Crippen molar-refractivity contribution in [3.63, 3.8) is 0 Å². The van der Waals surface area contributed by atoms with Gasteiger partial charge in [-0.05, 0) is 7.05 Å². The van der Waals surface area contributed by atoms with E-state index in [2.05, 4.69) is 32.2 Å². The van der Waals surface area contributed by atoms with Crippen LogP contribution in [0.5, 0.6) is 0 Å². The molecule has 6 heteroatoms. The van der Waals surface area contributed by atoms with E-state index in [0.29, 0.717) is 5.82 Å². The third kappa shape index (κ3) is 2.83. The van der Waals surface area contributed by atoms with Gasteiger partial charge < -0.3 is 15.2 Å². The van der Waals surface area contributed by atoms with Gasteiger partial charge in [0, 0.05) is 38.7 Å². The summed E-state index contributed by atoms with van der Waals surface area (Å²) in [7, 11) is 2.14. The van der Waals surface area contributed by atoms with Crippen LogP contribution in [0.15, 0.2) is 6.07 Å². The molecule has 2 rings (SSSR count). The third-order valence-electron chi connectivity index (χ3n) is 3.05. The number of rotatable bonds is 3. The highest BCUT2D eigenvalue weighted by molar-refractivity contribution is 5.49. The van der Waals surface area contributed by atoms with Crippen LogP contribution in [0.2, 0.25) is 0 Å². The second kappa shape index (κ2) is 5.29. The fourth-order valence-electron chi connectivity index (χ4n) is 1.91. The van der Waals surface area contributed by atoms with Crippen LogP contribution < -0.4 is 16.2 Å². The highest BCUT2D eigenvalue weighted by Gasteiger charge is 2.16. The first kappa shape index (κ1) is 12.1. The van der Waals surface area contributed by atoms with Gasteiger partial charge in [0.1, 0.15) is 17.5 Å². The van der Waals surface area contributed by atoms with Gasteiger partial charge in [0.15, 0.2) is 0 Å². The lowest BCUT2D eigenvalue weighted by molar-refractivity contribution is 0.312. The van der Waals surface area contributed by atoms with Gasteiger partial charge in [0.05, 0.1) is 0 Å². The van der Waals surface area contributed by atoms with E-state index in [1.54, 1.807) is 0 Å². The summed E-state index contributed by atoms with van der Waals surface area (Å²) in [6.45, 7) is 6.18. The van der Waals surface area contributed by atoms with Crippen molar-refractivity contribution in [2.24, 2.45) is 5.84 Å². The van der Waals surface area contributed by atoms with Gasteiger partial charge in [-0.1, -0.05) is 6.92 Å². The Hall–Kier alpha value is -1.40. The van der Waals surface area contributed by atoms with Crippen LogP contribution in [0.3, 0.4) is 0 Å². The maximum atomic E-state index is 5.43. The van der Waals surface area contributed by atoms with E-state index in [9.17, 15) is 0 Å². The summed E-state index contributed by atoms with van der Waals surface area (Å²) in [4.78, 5) is 13.4. The van der Waals surface area contributed by atoms with Crippen molar-refractivity contribution in [2.45, 2.75) is 13.3 Å². The molecule has 0 aliphatic carbocycles. The smallest absolute Gasteiger partial charge is 0.145 e. The van der Waals surface area contributed by atoms with Gasteiger partial charge in [-0.25, -0.2) is 15.8 Å². The first-order chi connectivity index (χ1) is 8.22. The number of aryl methyl sites for hydroxylation is 1. The molecule has 0 unspecified atom stereocenters. The first-order valence-electron chi connectivity index (χ1n) is 6.01. The lowest BCUT2D eigenvalue weighted by Gasteiger charge is -2.33. The molecule has 2 heterocycles. The van der Waals surface area contributed by atoms with Crippen molar-refractivity contribution in [3.05, 3.63) is 11.9 Å². The number of hydrogen-bond donors (Lipinski definition) is 2. The predicted octanol–water partition coefficient (Wildman–Crippen LogP) is 0.0764. The fourth-order valence-corrected chi connectivity index (χ4v) is 1.91. The zero-order valence-corrected chi connectivity index (χ0v) is 10.5. The molecule has 1 aromatic rings. The Morgan fingerprint density at radius 3 is 2.59 bits per heavy atom. The van der Waals surface area contributed by atoms with E-state index in [1.165, 1.54) is 0 Å².